The molecule has 1 aromatic rings. The zero-order valence-corrected chi connectivity index (χ0v) is 14.0. The molecule has 1 heterocycles. The first-order valence-electron chi connectivity index (χ1n) is 8.09. The highest BCUT2D eigenvalue weighted by atomic mass is 19.1. The number of amides is 2. The summed E-state index contributed by atoms with van der Waals surface area (Å²) < 4.78 is 26.7. The van der Waals surface area contributed by atoms with E-state index in [1.54, 1.807) is 11.8 Å². The molecule has 1 aliphatic heterocycles. The zero-order valence-electron chi connectivity index (χ0n) is 14.0. The minimum Gasteiger partial charge on any atom is -0.338 e. The van der Waals surface area contributed by atoms with E-state index in [1.165, 1.54) is 4.90 Å². The van der Waals surface area contributed by atoms with Crippen LogP contribution in [0.5, 0.6) is 0 Å². The van der Waals surface area contributed by atoms with Gasteiger partial charge in [-0.25, -0.2) is 8.78 Å². The van der Waals surface area contributed by atoms with Crippen molar-refractivity contribution in [3.05, 3.63) is 35.4 Å². The van der Waals surface area contributed by atoms with E-state index in [0.717, 1.165) is 18.6 Å². The van der Waals surface area contributed by atoms with Crippen LogP contribution in [-0.4, -0.2) is 53.3 Å². The molecular weight excluding hydrogens is 316 g/mol. The maximum atomic E-state index is 13.7. The average Bonchev–Trinajstić information content (AvgIpc) is 2.53. The van der Waals surface area contributed by atoms with Crippen LogP contribution in [0.2, 0.25) is 0 Å². The van der Waals surface area contributed by atoms with Gasteiger partial charge in [0.15, 0.2) is 0 Å². The highest BCUT2D eigenvalue weighted by Gasteiger charge is 2.34. The summed E-state index contributed by atoms with van der Waals surface area (Å²) in [5.74, 6) is -2.23. The number of rotatable bonds is 4. The lowest BCUT2D eigenvalue weighted by molar-refractivity contribution is -0.138. The van der Waals surface area contributed by atoms with Crippen LogP contribution in [0, 0.1) is 11.6 Å². The molecule has 2 rings (SSSR count). The number of carbonyl (C=O) groups excluding carboxylic acids is 2. The molecule has 7 heteroatoms. The third-order valence-electron chi connectivity index (χ3n) is 4.27. The minimum absolute atomic E-state index is 0.135. The van der Waals surface area contributed by atoms with Gasteiger partial charge in [0.05, 0.1) is 11.1 Å². The largest absolute Gasteiger partial charge is 0.338 e. The molecular formula is C17H23F2N3O2. The lowest BCUT2D eigenvalue weighted by Gasteiger charge is -2.38. The second kappa shape index (κ2) is 7.25. The van der Waals surface area contributed by atoms with E-state index < -0.39 is 23.1 Å². The number of hydrogen-bond acceptors (Lipinski definition) is 3. The Morgan fingerprint density at radius 3 is 2.29 bits per heavy atom. The molecule has 5 nitrogen and oxygen atoms in total. The number of nitrogens with two attached hydrogens (primary N) is 1. The van der Waals surface area contributed by atoms with Crippen molar-refractivity contribution in [2.45, 2.75) is 32.2 Å². The van der Waals surface area contributed by atoms with E-state index in [4.69, 9.17) is 5.73 Å². The molecule has 2 N–H and O–H groups in total. The number of hydrogen-bond donors (Lipinski definition) is 1. The van der Waals surface area contributed by atoms with Gasteiger partial charge in [-0.2, -0.15) is 0 Å². The second-order valence-electron chi connectivity index (χ2n) is 6.38. The lowest BCUT2D eigenvalue weighted by atomic mass is 9.95. The molecule has 0 aromatic heterocycles. The zero-order chi connectivity index (χ0) is 17.9. The highest BCUT2D eigenvalue weighted by Crippen LogP contribution is 2.17. The van der Waals surface area contributed by atoms with Gasteiger partial charge in [-0.3, -0.25) is 9.59 Å². The second-order valence-corrected chi connectivity index (χ2v) is 6.38. The average molecular weight is 339 g/mol. The highest BCUT2D eigenvalue weighted by molar-refractivity contribution is 5.94. The van der Waals surface area contributed by atoms with Crippen LogP contribution in [0.25, 0.3) is 0 Å². The normalized spacial score (nSPS) is 17.5. The van der Waals surface area contributed by atoms with Crippen LogP contribution in [0.4, 0.5) is 8.78 Å². The Bertz CT molecular complexity index is 626. The summed E-state index contributed by atoms with van der Waals surface area (Å²) in [5, 5.41) is 0. The third kappa shape index (κ3) is 3.90. The topological polar surface area (TPSA) is 66.6 Å². The third-order valence-corrected chi connectivity index (χ3v) is 4.27. The number of carbonyl (C=O) groups is 2. The molecule has 1 aromatic carbocycles. The van der Waals surface area contributed by atoms with Crippen LogP contribution < -0.4 is 5.73 Å². The van der Waals surface area contributed by atoms with Crippen molar-refractivity contribution < 1.29 is 18.4 Å². The van der Waals surface area contributed by atoms with Crippen molar-refractivity contribution in [3.8, 4) is 0 Å². The molecule has 0 spiro atoms. The molecule has 2 amide bonds. The minimum atomic E-state index is -0.913. The van der Waals surface area contributed by atoms with Gasteiger partial charge in [-0.1, -0.05) is 13.3 Å². The fourth-order valence-corrected chi connectivity index (χ4v) is 2.93. The van der Waals surface area contributed by atoms with E-state index in [9.17, 15) is 18.4 Å². The van der Waals surface area contributed by atoms with E-state index in [1.807, 2.05) is 6.92 Å². The molecule has 0 bridgehead atoms. The Balaban J connectivity index is 1.99. The summed E-state index contributed by atoms with van der Waals surface area (Å²) in [6.07, 6.45) is 1.40. The Morgan fingerprint density at radius 1 is 1.17 bits per heavy atom. The number of nitrogens with zero attached hydrogens (tertiary/aromatic N) is 2. The van der Waals surface area contributed by atoms with Gasteiger partial charge in [-0.05, 0) is 25.5 Å². The van der Waals surface area contributed by atoms with Gasteiger partial charge in [0.25, 0.3) is 5.91 Å². The van der Waals surface area contributed by atoms with Gasteiger partial charge < -0.3 is 15.5 Å². The SMILES string of the molecule is CCCC(C)(N)C(=O)N1CCN(C(=O)c2ccc(F)cc2F)CC1. The maximum Gasteiger partial charge on any atom is 0.256 e. The van der Waals surface area contributed by atoms with Crippen LogP contribution in [0.15, 0.2) is 18.2 Å². The van der Waals surface area contributed by atoms with Gasteiger partial charge in [0.1, 0.15) is 11.6 Å². The predicted molar refractivity (Wildman–Crippen MR) is 86.3 cm³/mol. The summed E-state index contributed by atoms with van der Waals surface area (Å²) in [7, 11) is 0. The monoisotopic (exact) mass is 339 g/mol. The Labute approximate surface area is 140 Å². The Hall–Kier alpha value is -2.02. The lowest BCUT2D eigenvalue weighted by Crippen LogP contribution is -2.58. The fourth-order valence-electron chi connectivity index (χ4n) is 2.93. The van der Waals surface area contributed by atoms with Crippen molar-refractivity contribution >= 4 is 11.8 Å². The molecule has 1 fully saturated rings. The van der Waals surface area contributed by atoms with E-state index in [0.29, 0.717) is 38.7 Å². The number of piperazine rings is 1. The first-order chi connectivity index (χ1) is 11.3. The summed E-state index contributed by atoms with van der Waals surface area (Å²) in [4.78, 5) is 27.9. The van der Waals surface area contributed by atoms with Gasteiger partial charge >= 0.3 is 0 Å². The smallest absolute Gasteiger partial charge is 0.256 e. The van der Waals surface area contributed by atoms with Crippen LogP contribution >= 0.6 is 0 Å². The predicted octanol–water partition coefficient (Wildman–Crippen LogP) is 1.77. The first-order valence-corrected chi connectivity index (χ1v) is 8.09. The van der Waals surface area contributed by atoms with Gasteiger partial charge in [0, 0.05) is 32.2 Å². The Kier molecular flexibility index (Phi) is 5.54. The van der Waals surface area contributed by atoms with E-state index >= 15 is 0 Å². The quantitative estimate of drug-likeness (QED) is 0.909. The van der Waals surface area contributed by atoms with Crippen molar-refractivity contribution in [1.82, 2.24) is 9.80 Å². The number of halogens is 2. The van der Waals surface area contributed by atoms with Crippen molar-refractivity contribution in [2.75, 3.05) is 26.2 Å². The van der Waals surface area contributed by atoms with E-state index in [-0.39, 0.29) is 11.5 Å². The van der Waals surface area contributed by atoms with Crippen LogP contribution in [0.3, 0.4) is 0 Å². The molecule has 0 radical (unpaired) electrons. The molecule has 1 unspecified atom stereocenters. The van der Waals surface area contributed by atoms with Gasteiger partial charge in [-0.15, -0.1) is 0 Å². The summed E-state index contributed by atoms with van der Waals surface area (Å²) >= 11 is 0. The summed E-state index contributed by atoms with van der Waals surface area (Å²) in [6, 6.07) is 2.89. The van der Waals surface area contributed by atoms with Crippen LogP contribution in [-0.2, 0) is 4.79 Å². The molecule has 1 saturated heterocycles. The first kappa shape index (κ1) is 18.3. The van der Waals surface area contributed by atoms with Crippen LogP contribution in [0.1, 0.15) is 37.0 Å². The van der Waals surface area contributed by atoms with Crippen molar-refractivity contribution in [3.63, 3.8) is 0 Å². The number of benzene rings is 1. The Morgan fingerprint density at radius 2 is 1.75 bits per heavy atom. The van der Waals surface area contributed by atoms with E-state index in [2.05, 4.69) is 0 Å². The standard InChI is InChI=1S/C17H23F2N3O2/c1-3-6-17(2,20)16(24)22-9-7-21(8-10-22)15(23)13-5-4-12(18)11-14(13)19/h4-5,11H,3,6-10,20H2,1-2H3. The van der Waals surface area contributed by atoms with Gasteiger partial charge in [0.2, 0.25) is 5.91 Å². The molecule has 1 aliphatic rings. The molecule has 0 aliphatic carbocycles. The fraction of sp³-hybridized carbons (Fsp3) is 0.529. The summed E-state index contributed by atoms with van der Waals surface area (Å²) in [6.45, 7) is 4.97. The molecule has 24 heavy (non-hydrogen) atoms. The maximum absolute atomic E-state index is 13.7. The van der Waals surface area contributed by atoms with Crippen molar-refractivity contribution in [1.29, 1.82) is 0 Å². The molecule has 132 valence electrons. The van der Waals surface area contributed by atoms with Crippen molar-refractivity contribution in [2.24, 2.45) is 5.73 Å². The summed E-state index contributed by atoms with van der Waals surface area (Å²) in [5.41, 5.74) is 4.99. The molecule has 1 atom stereocenters. The molecule has 0 saturated carbocycles.